The van der Waals surface area contributed by atoms with Gasteiger partial charge < -0.3 is 14.8 Å². The molecule has 0 aliphatic carbocycles. The van der Waals surface area contributed by atoms with Crippen LogP contribution < -0.4 is 20.3 Å². The molecule has 0 saturated carbocycles. The van der Waals surface area contributed by atoms with Gasteiger partial charge >= 0.3 is 0 Å². The fraction of sp³-hybridized carbons (Fsp3) is 0.150. The maximum atomic E-state index is 12.7. The zero-order valence-electron chi connectivity index (χ0n) is 17.3. The van der Waals surface area contributed by atoms with Crippen molar-refractivity contribution in [2.75, 3.05) is 19.5 Å². The predicted octanol–water partition coefficient (Wildman–Crippen LogP) is 2.04. The highest BCUT2D eigenvalue weighted by atomic mass is 16.6. The second-order valence-corrected chi connectivity index (χ2v) is 7.09. The van der Waals surface area contributed by atoms with Crippen molar-refractivity contribution in [2.45, 2.75) is 6.04 Å². The molecule has 13 heteroatoms. The van der Waals surface area contributed by atoms with Gasteiger partial charge in [-0.2, -0.15) is 9.78 Å². The topological polar surface area (TPSA) is 163 Å². The number of ether oxygens (including phenoxy) is 2. The lowest BCUT2D eigenvalue weighted by atomic mass is 9.92. The van der Waals surface area contributed by atoms with E-state index in [1.165, 1.54) is 31.0 Å². The lowest BCUT2D eigenvalue weighted by molar-refractivity contribution is -0.384. The van der Waals surface area contributed by atoms with Gasteiger partial charge in [0.25, 0.3) is 11.2 Å². The maximum absolute atomic E-state index is 12.7. The number of fused-ring (bicyclic) bond motifs is 2. The molecule has 2 aromatic heterocycles. The second-order valence-electron chi connectivity index (χ2n) is 7.09. The van der Waals surface area contributed by atoms with Gasteiger partial charge in [0.2, 0.25) is 5.95 Å². The molecule has 1 aliphatic rings. The molecule has 1 unspecified atom stereocenters. The largest absolute Gasteiger partial charge is 0.493 e. The molecule has 0 spiro atoms. The summed E-state index contributed by atoms with van der Waals surface area (Å²) in [6, 6.07) is 10.5. The van der Waals surface area contributed by atoms with Crippen LogP contribution in [0.25, 0.3) is 11.3 Å². The molecule has 0 radical (unpaired) electrons. The van der Waals surface area contributed by atoms with E-state index in [1.54, 1.807) is 30.3 Å². The zero-order chi connectivity index (χ0) is 23.1. The van der Waals surface area contributed by atoms with Gasteiger partial charge in [-0.25, -0.2) is 5.10 Å². The van der Waals surface area contributed by atoms with Crippen LogP contribution in [0, 0.1) is 10.1 Å². The van der Waals surface area contributed by atoms with E-state index in [0.717, 1.165) is 0 Å². The number of methoxy groups -OCH3 is 2. The number of aromatic nitrogens is 6. The first kappa shape index (κ1) is 20.1. The smallest absolute Gasteiger partial charge is 0.288 e. The van der Waals surface area contributed by atoms with Crippen molar-refractivity contribution in [1.82, 2.24) is 30.4 Å². The van der Waals surface area contributed by atoms with Crippen molar-refractivity contribution in [3.8, 4) is 22.8 Å². The van der Waals surface area contributed by atoms with Crippen molar-refractivity contribution in [2.24, 2.45) is 0 Å². The zero-order valence-corrected chi connectivity index (χ0v) is 17.3. The Hall–Kier alpha value is -4.81. The number of nitro benzene ring substituents is 1. The minimum Gasteiger partial charge on any atom is -0.493 e. The first-order valence-corrected chi connectivity index (χ1v) is 9.66. The van der Waals surface area contributed by atoms with Crippen molar-refractivity contribution < 1.29 is 14.4 Å². The number of benzene rings is 2. The molecule has 1 aliphatic heterocycles. The van der Waals surface area contributed by atoms with Gasteiger partial charge in [0.1, 0.15) is 11.7 Å². The molecule has 4 aromatic rings. The normalized spacial score (nSPS) is 14.1. The number of tetrazole rings is 1. The Morgan fingerprint density at radius 1 is 1.12 bits per heavy atom. The van der Waals surface area contributed by atoms with Crippen LogP contribution in [0.2, 0.25) is 0 Å². The van der Waals surface area contributed by atoms with Crippen LogP contribution in [0.3, 0.4) is 0 Å². The Labute approximate surface area is 185 Å². The number of hydrogen-bond donors (Lipinski definition) is 2. The van der Waals surface area contributed by atoms with Crippen LogP contribution in [0.5, 0.6) is 11.5 Å². The molecule has 5 rings (SSSR count). The fourth-order valence-corrected chi connectivity index (χ4v) is 3.86. The second kappa shape index (κ2) is 7.71. The molecule has 13 nitrogen and oxygen atoms in total. The van der Waals surface area contributed by atoms with E-state index < -0.39 is 16.5 Å². The number of nitro groups is 1. The highest BCUT2D eigenvalue weighted by Crippen LogP contribution is 2.42. The number of anilines is 2. The predicted molar refractivity (Wildman–Crippen MR) is 115 cm³/mol. The van der Waals surface area contributed by atoms with E-state index in [2.05, 4.69) is 31.0 Å². The number of H-pyrrole nitrogens is 1. The highest BCUT2D eigenvalue weighted by Gasteiger charge is 2.35. The van der Waals surface area contributed by atoms with E-state index in [0.29, 0.717) is 33.9 Å². The lowest BCUT2D eigenvalue weighted by Crippen LogP contribution is -2.29. The van der Waals surface area contributed by atoms with Crippen molar-refractivity contribution >= 4 is 17.3 Å². The minimum absolute atomic E-state index is 0.104. The third-order valence-corrected chi connectivity index (χ3v) is 5.32. The molecular formula is C20H16N8O5. The monoisotopic (exact) mass is 448 g/mol. The Bertz CT molecular complexity index is 1450. The van der Waals surface area contributed by atoms with Gasteiger partial charge in [0.05, 0.1) is 24.8 Å². The highest BCUT2D eigenvalue weighted by molar-refractivity contribution is 5.76. The maximum Gasteiger partial charge on any atom is 0.288 e. The quantitative estimate of drug-likeness (QED) is 0.300. The molecule has 0 bridgehead atoms. The summed E-state index contributed by atoms with van der Waals surface area (Å²) in [4.78, 5) is 23.7. The molecule has 1 atom stereocenters. The van der Waals surface area contributed by atoms with Gasteiger partial charge in [-0.1, -0.05) is 17.2 Å². The van der Waals surface area contributed by atoms with Gasteiger partial charge in [0.15, 0.2) is 11.5 Å². The Kier molecular flexibility index (Phi) is 4.70. The molecule has 2 N–H and O–H groups in total. The van der Waals surface area contributed by atoms with Gasteiger partial charge in [-0.15, -0.1) is 0 Å². The summed E-state index contributed by atoms with van der Waals surface area (Å²) >= 11 is 0. The summed E-state index contributed by atoms with van der Waals surface area (Å²) in [5.41, 5.74) is 1.59. The van der Waals surface area contributed by atoms with Gasteiger partial charge in [-0.05, 0) is 34.2 Å². The summed E-state index contributed by atoms with van der Waals surface area (Å²) in [6.07, 6.45) is 0. The van der Waals surface area contributed by atoms with Crippen LogP contribution in [0.15, 0.2) is 47.3 Å². The van der Waals surface area contributed by atoms with Crippen LogP contribution in [0.1, 0.15) is 17.2 Å². The fourth-order valence-electron chi connectivity index (χ4n) is 3.86. The third kappa shape index (κ3) is 3.22. The van der Waals surface area contributed by atoms with Crippen LogP contribution >= 0.6 is 0 Å². The molecule has 0 amide bonds. The van der Waals surface area contributed by atoms with Gasteiger partial charge in [-0.3, -0.25) is 14.9 Å². The molecule has 3 heterocycles. The van der Waals surface area contributed by atoms with E-state index >= 15 is 0 Å². The molecule has 2 aromatic carbocycles. The number of rotatable bonds is 5. The number of nitrogens with one attached hydrogen (secondary N) is 2. The first-order valence-electron chi connectivity index (χ1n) is 9.66. The van der Waals surface area contributed by atoms with Crippen molar-refractivity contribution in [3.05, 3.63) is 74.1 Å². The number of non-ortho nitro benzene ring substituents is 1. The first-order chi connectivity index (χ1) is 16.0. The molecule has 33 heavy (non-hydrogen) atoms. The minimum atomic E-state index is -0.760. The summed E-state index contributed by atoms with van der Waals surface area (Å²) in [5, 5.41) is 32.8. The van der Waals surface area contributed by atoms with E-state index in [9.17, 15) is 14.9 Å². The number of nitrogens with zero attached hydrogens (tertiary/aromatic N) is 6. The van der Waals surface area contributed by atoms with Crippen LogP contribution in [0.4, 0.5) is 17.3 Å². The standard InChI is InChI=1S/C20H16N8O5/c1-32-13-7-6-10(9-14(13)33-2)16-15-17(19(29)23-22-16)21-20-24-25-26-27(20)18(15)11-4-3-5-12(8-11)28(30)31/h3-9,18H,1-2H3,(H,23,29)(H,21,24,26). The van der Waals surface area contributed by atoms with E-state index in [4.69, 9.17) is 9.47 Å². The average molecular weight is 448 g/mol. The Balaban J connectivity index is 1.79. The van der Waals surface area contributed by atoms with Crippen molar-refractivity contribution in [3.63, 3.8) is 0 Å². The third-order valence-electron chi connectivity index (χ3n) is 5.32. The van der Waals surface area contributed by atoms with Crippen LogP contribution in [-0.4, -0.2) is 49.5 Å². The summed E-state index contributed by atoms with van der Waals surface area (Å²) in [7, 11) is 3.04. The summed E-state index contributed by atoms with van der Waals surface area (Å²) < 4.78 is 12.2. The SMILES string of the molecule is COc1ccc(-c2n[nH]c(=O)c3c2C(c2cccc([N+](=O)[O-])c2)n2nnnc2N3)cc1OC. The summed E-state index contributed by atoms with van der Waals surface area (Å²) in [6.45, 7) is 0. The Morgan fingerprint density at radius 2 is 1.94 bits per heavy atom. The molecular weight excluding hydrogens is 432 g/mol. The van der Waals surface area contributed by atoms with Gasteiger partial charge in [0, 0.05) is 23.3 Å². The van der Waals surface area contributed by atoms with Crippen molar-refractivity contribution in [1.29, 1.82) is 0 Å². The molecule has 0 fully saturated rings. The molecule has 0 saturated heterocycles. The number of aromatic amines is 1. The van der Waals surface area contributed by atoms with Crippen LogP contribution in [-0.2, 0) is 0 Å². The average Bonchev–Trinajstić information content (AvgIpc) is 3.31. The van der Waals surface area contributed by atoms with E-state index in [1.807, 2.05) is 0 Å². The lowest BCUT2D eigenvalue weighted by Gasteiger charge is -2.27. The molecule has 166 valence electrons. The number of hydrogen-bond acceptors (Lipinski definition) is 10. The van der Waals surface area contributed by atoms with E-state index in [-0.39, 0.29) is 17.3 Å². The summed E-state index contributed by atoms with van der Waals surface area (Å²) in [5.74, 6) is 1.21. The Morgan fingerprint density at radius 3 is 2.70 bits per heavy atom.